The van der Waals surface area contributed by atoms with Crippen LogP contribution in [0.15, 0.2) is 79.0 Å². The van der Waals surface area contributed by atoms with Crippen molar-refractivity contribution in [3.05, 3.63) is 100 Å². The van der Waals surface area contributed by atoms with Gasteiger partial charge in [0.1, 0.15) is 0 Å². The number of nitrogens with one attached hydrogen (secondary N) is 2. The Morgan fingerprint density at radius 2 is 1.69 bits per heavy atom. The zero-order valence-corrected chi connectivity index (χ0v) is 19.9. The highest BCUT2D eigenvalue weighted by Crippen LogP contribution is 2.27. The molecule has 1 heterocycles. The summed E-state index contributed by atoms with van der Waals surface area (Å²) in [5.41, 5.74) is 4.75. The number of carbonyl (C=O) groups excluding carboxylic acids is 2. The summed E-state index contributed by atoms with van der Waals surface area (Å²) in [5, 5.41) is 21.5. The van der Waals surface area contributed by atoms with Gasteiger partial charge in [0.2, 0.25) is 11.8 Å². The second-order valence-electron chi connectivity index (χ2n) is 8.24. The number of nitrogens with zero attached hydrogens (tertiary/aromatic N) is 3. The summed E-state index contributed by atoms with van der Waals surface area (Å²) in [5.74, 6) is -0.370. The van der Waals surface area contributed by atoms with Crippen LogP contribution in [0.1, 0.15) is 24.5 Å². The van der Waals surface area contributed by atoms with Crippen LogP contribution in [-0.2, 0) is 16.0 Å². The average molecular weight is 484 g/mol. The number of hydrogen-bond acceptors (Lipinski definition) is 5. The second-order valence-corrected chi connectivity index (χ2v) is 8.24. The van der Waals surface area contributed by atoms with E-state index in [9.17, 15) is 19.7 Å². The number of aromatic nitrogens is 2. The van der Waals surface area contributed by atoms with Crippen molar-refractivity contribution in [3.8, 4) is 16.9 Å². The predicted molar refractivity (Wildman–Crippen MR) is 138 cm³/mol. The first kappa shape index (κ1) is 24.3. The van der Waals surface area contributed by atoms with Gasteiger partial charge in [-0.15, -0.1) is 0 Å². The molecule has 4 aromatic rings. The number of non-ortho nitro benzene ring substituents is 1. The van der Waals surface area contributed by atoms with E-state index in [1.54, 1.807) is 42.1 Å². The fraction of sp³-hybridized carbons (Fsp3) is 0.148. The molecular weight excluding hydrogens is 458 g/mol. The Balaban J connectivity index is 1.62. The highest BCUT2D eigenvalue weighted by molar-refractivity contribution is 5.96. The van der Waals surface area contributed by atoms with Crippen LogP contribution in [0, 0.1) is 17.0 Å². The van der Waals surface area contributed by atoms with Gasteiger partial charge in [0.15, 0.2) is 0 Å². The van der Waals surface area contributed by atoms with E-state index < -0.39 is 4.92 Å². The number of rotatable bonds is 8. The Hall–Kier alpha value is -4.79. The minimum Gasteiger partial charge on any atom is -0.326 e. The quantitative estimate of drug-likeness (QED) is 0.261. The molecule has 1 aromatic heterocycles. The molecule has 3 aromatic carbocycles. The first-order chi connectivity index (χ1) is 17.3. The molecule has 0 saturated carbocycles. The maximum absolute atomic E-state index is 13.1. The molecule has 4 rings (SSSR count). The molecule has 0 aliphatic rings. The lowest BCUT2D eigenvalue weighted by atomic mass is 10.1. The summed E-state index contributed by atoms with van der Waals surface area (Å²) in [6.45, 7) is 3.64. The molecule has 9 heteroatoms. The zero-order valence-electron chi connectivity index (χ0n) is 19.9. The van der Waals surface area contributed by atoms with E-state index in [4.69, 9.17) is 0 Å². The number of nitro groups is 1. The van der Waals surface area contributed by atoms with E-state index in [-0.39, 0.29) is 23.9 Å². The van der Waals surface area contributed by atoms with Crippen molar-refractivity contribution in [2.24, 2.45) is 0 Å². The molecule has 0 saturated heterocycles. The van der Waals surface area contributed by atoms with Gasteiger partial charge in [0.25, 0.3) is 5.69 Å². The smallest absolute Gasteiger partial charge is 0.269 e. The Morgan fingerprint density at radius 3 is 2.36 bits per heavy atom. The summed E-state index contributed by atoms with van der Waals surface area (Å²) in [7, 11) is 0. The lowest BCUT2D eigenvalue weighted by Crippen LogP contribution is -2.16. The lowest BCUT2D eigenvalue weighted by molar-refractivity contribution is -0.384. The molecule has 2 N–H and O–H groups in total. The monoisotopic (exact) mass is 483 g/mol. The van der Waals surface area contributed by atoms with E-state index >= 15 is 0 Å². The van der Waals surface area contributed by atoms with Crippen molar-refractivity contribution in [1.82, 2.24) is 9.78 Å². The first-order valence-electron chi connectivity index (χ1n) is 11.4. The van der Waals surface area contributed by atoms with Crippen LogP contribution in [-0.4, -0.2) is 26.5 Å². The Bertz CT molecular complexity index is 1410. The van der Waals surface area contributed by atoms with E-state index in [0.29, 0.717) is 34.6 Å². The average Bonchev–Trinajstić information content (AvgIpc) is 3.30. The van der Waals surface area contributed by atoms with Crippen molar-refractivity contribution in [1.29, 1.82) is 0 Å². The summed E-state index contributed by atoms with van der Waals surface area (Å²) in [4.78, 5) is 35.4. The van der Waals surface area contributed by atoms with Gasteiger partial charge >= 0.3 is 0 Å². The summed E-state index contributed by atoms with van der Waals surface area (Å²) in [6.07, 6.45) is 2.17. The third-order valence-corrected chi connectivity index (χ3v) is 5.63. The van der Waals surface area contributed by atoms with Crippen molar-refractivity contribution < 1.29 is 14.5 Å². The van der Waals surface area contributed by atoms with Gasteiger partial charge in [0, 0.05) is 47.3 Å². The van der Waals surface area contributed by atoms with Crippen LogP contribution in [0.2, 0.25) is 0 Å². The second kappa shape index (κ2) is 10.6. The SMILES string of the molecule is CCC(=O)Nc1ccc(C)c(NC(=O)Cc2cn(-c3ccccc3)nc2-c2ccc([N+](=O)[O-])cc2)c1. The van der Waals surface area contributed by atoms with Gasteiger partial charge in [-0.1, -0.05) is 31.2 Å². The van der Waals surface area contributed by atoms with Crippen molar-refractivity contribution in [2.75, 3.05) is 10.6 Å². The maximum atomic E-state index is 13.1. The number of anilines is 2. The van der Waals surface area contributed by atoms with E-state index in [0.717, 1.165) is 11.3 Å². The van der Waals surface area contributed by atoms with Crippen LogP contribution >= 0.6 is 0 Å². The van der Waals surface area contributed by atoms with E-state index in [2.05, 4.69) is 15.7 Å². The largest absolute Gasteiger partial charge is 0.326 e. The molecule has 36 heavy (non-hydrogen) atoms. The van der Waals surface area contributed by atoms with Crippen LogP contribution in [0.25, 0.3) is 16.9 Å². The number of aryl methyl sites for hydroxylation is 1. The van der Waals surface area contributed by atoms with Gasteiger partial charge in [-0.25, -0.2) is 4.68 Å². The number of hydrogen-bond donors (Lipinski definition) is 2. The highest BCUT2D eigenvalue weighted by Gasteiger charge is 2.17. The van der Waals surface area contributed by atoms with Gasteiger partial charge < -0.3 is 10.6 Å². The summed E-state index contributed by atoms with van der Waals surface area (Å²) >= 11 is 0. The highest BCUT2D eigenvalue weighted by atomic mass is 16.6. The van der Waals surface area contributed by atoms with Crippen LogP contribution in [0.4, 0.5) is 17.1 Å². The molecule has 0 atom stereocenters. The van der Waals surface area contributed by atoms with Crippen LogP contribution in [0.5, 0.6) is 0 Å². The molecular formula is C27H25N5O4. The molecule has 0 unspecified atom stereocenters. The molecule has 9 nitrogen and oxygen atoms in total. The maximum Gasteiger partial charge on any atom is 0.269 e. The number of carbonyl (C=O) groups is 2. The minimum atomic E-state index is -0.458. The molecule has 0 bridgehead atoms. The summed E-state index contributed by atoms with van der Waals surface area (Å²) in [6, 6.07) is 20.9. The topological polar surface area (TPSA) is 119 Å². The number of benzene rings is 3. The normalized spacial score (nSPS) is 10.6. The molecule has 0 radical (unpaired) electrons. The van der Waals surface area contributed by atoms with Gasteiger partial charge in [-0.2, -0.15) is 5.10 Å². The zero-order chi connectivity index (χ0) is 25.7. The third-order valence-electron chi connectivity index (χ3n) is 5.63. The number of amides is 2. The predicted octanol–water partition coefficient (Wildman–Crippen LogP) is 5.29. The Kier molecular flexibility index (Phi) is 7.20. The fourth-order valence-electron chi connectivity index (χ4n) is 3.69. The van der Waals surface area contributed by atoms with E-state index in [1.807, 2.05) is 43.3 Å². The number of para-hydroxylation sites is 1. The number of nitro benzene ring substituents is 1. The van der Waals surface area contributed by atoms with Gasteiger partial charge in [-0.3, -0.25) is 19.7 Å². The van der Waals surface area contributed by atoms with Gasteiger partial charge in [0.05, 0.1) is 22.7 Å². The third kappa shape index (κ3) is 5.64. The molecule has 182 valence electrons. The minimum absolute atomic E-state index is 0.0222. The van der Waals surface area contributed by atoms with Gasteiger partial charge in [-0.05, 0) is 48.9 Å². The molecule has 0 fully saturated rings. The van der Waals surface area contributed by atoms with Crippen molar-refractivity contribution >= 4 is 28.9 Å². The Labute approximate surface area is 207 Å². The summed E-state index contributed by atoms with van der Waals surface area (Å²) < 4.78 is 1.69. The first-order valence-corrected chi connectivity index (χ1v) is 11.4. The van der Waals surface area contributed by atoms with E-state index in [1.165, 1.54) is 12.1 Å². The molecule has 2 amide bonds. The van der Waals surface area contributed by atoms with Crippen molar-refractivity contribution in [2.45, 2.75) is 26.7 Å². The lowest BCUT2D eigenvalue weighted by Gasteiger charge is -2.11. The molecule has 0 aliphatic carbocycles. The van der Waals surface area contributed by atoms with Crippen molar-refractivity contribution in [3.63, 3.8) is 0 Å². The standard InChI is InChI=1S/C27H25N5O4/c1-3-25(33)28-21-12-9-18(2)24(16-21)29-26(34)15-20-17-31(22-7-5-4-6-8-22)30-27(20)19-10-13-23(14-11-19)32(35)36/h4-14,16-17H,3,15H2,1-2H3,(H,28,33)(H,29,34). The van der Waals surface area contributed by atoms with Crippen LogP contribution < -0.4 is 10.6 Å². The van der Waals surface area contributed by atoms with Crippen LogP contribution in [0.3, 0.4) is 0 Å². The molecule has 0 aliphatic heterocycles. The molecule has 0 spiro atoms. The Morgan fingerprint density at radius 1 is 0.972 bits per heavy atom. The fourth-order valence-corrected chi connectivity index (χ4v) is 3.69.